The molecule has 2 amide bonds. The van der Waals surface area contributed by atoms with Crippen molar-refractivity contribution in [2.75, 3.05) is 39.4 Å². The highest BCUT2D eigenvalue weighted by Crippen LogP contribution is 2.41. The Morgan fingerprint density at radius 3 is 2.54 bits per heavy atom. The Hall–Kier alpha value is -3.78. The topological polar surface area (TPSA) is 152 Å². The molecule has 0 radical (unpaired) electrons. The summed E-state index contributed by atoms with van der Waals surface area (Å²) in [6, 6.07) is 2.97. The van der Waals surface area contributed by atoms with Gasteiger partial charge in [0.15, 0.2) is 11.4 Å². The molecule has 11 nitrogen and oxygen atoms in total. The van der Waals surface area contributed by atoms with Gasteiger partial charge < -0.3 is 20.1 Å². The average molecular weight is 591 g/mol. The van der Waals surface area contributed by atoms with Crippen molar-refractivity contribution in [3.05, 3.63) is 63.1 Å². The fourth-order valence-electron chi connectivity index (χ4n) is 5.43. The van der Waals surface area contributed by atoms with E-state index in [0.29, 0.717) is 56.7 Å². The highest BCUT2D eigenvalue weighted by molar-refractivity contribution is 8.26. The molecule has 1 fully saturated rings. The molecule has 1 aromatic carbocycles. The zero-order chi connectivity index (χ0) is 30.1. The van der Waals surface area contributed by atoms with Gasteiger partial charge in [0.05, 0.1) is 17.2 Å². The number of hydrogen-bond acceptors (Lipinski definition) is 9. The summed E-state index contributed by atoms with van der Waals surface area (Å²) in [6.07, 6.45) is 2.93. The van der Waals surface area contributed by atoms with Crippen molar-refractivity contribution in [3.63, 3.8) is 0 Å². The molecule has 1 aliphatic heterocycles. The van der Waals surface area contributed by atoms with Gasteiger partial charge >= 0.3 is 0 Å². The van der Waals surface area contributed by atoms with Gasteiger partial charge in [-0.3, -0.25) is 34.9 Å². The van der Waals surface area contributed by atoms with Gasteiger partial charge in [0.25, 0.3) is 5.91 Å². The maximum atomic E-state index is 14.0. The molecule has 0 atom stereocenters. The van der Waals surface area contributed by atoms with Crippen molar-refractivity contribution in [1.82, 2.24) is 14.9 Å². The third-order valence-corrected chi connectivity index (χ3v) is 8.63. The number of methoxy groups -OCH3 is 1. The fraction of sp³-hybridized carbons (Fsp3) is 0.444. The summed E-state index contributed by atoms with van der Waals surface area (Å²) in [6.45, 7) is 0.803. The van der Waals surface area contributed by atoms with Crippen LogP contribution in [-0.2, 0) is 16.0 Å². The highest BCUT2D eigenvalue weighted by atomic mass is 32.2. The second-order valence-corrected chi connectivity index (χ2v) is 11.2. The maximum absolute atomic E-state index is 14.0. The van der Waals surface area contributed by atoms with Crippen LogP contribution in [0.15, 0.2) is 29.2 Å². The van der Waals surface area contributed by atoms with Gasteiger partial charge in [-0.1, -0.05) is 17.8 Å². The minimum absolute atomic E-state index is 0.0556. The molecule has 14 heteroatoms. The quantitative estimate of drug-likeness (QED) is 0.220. The summed E-state index contributed by atoms with van der Waals surface area (Å²) in [5, 5.41) is 31.5. The Labute approximate surface area is 239 Å². The third-order valence-electron chi connectivity index (χ3n) is 7.82. The first-order valence-corrected chi connectivity index (χ1v) is 13.8. The van der Waals surface area contributed by atoms with Crippen molar-refractivity contribution in [3.8, 4) is 5.75 Å². The molecule has 1 aliphatic carbocycles. The lowest BCUT2D eigenvalue weighted by atomic mass is 9.79. The van der Waals surface area contributed by atoms with E-state index in [-0.39, 0.29) is 45.2 Å². The summed E-state index contributed by atoms with van der Waals surface area (Å²) < 4.78 is 33.6. The number of aromatic hydroxyl groups is 1. The Balaban J connectivity index is 1.57. The van der Waals surface area contributed by atoms with Crippen LogP contribution in [0.3, 0.4) is 0 Å². The molecule has 2 heterocycles. The molecule has 1 saturated carbocycles. The molecule has 4 rings (SSSR count). The van der Waals surface area contributed by atoms with Gasteiger partial charge in [-0.15, -0.1) is 0 Å². The lowest BCUT2D eigenvalue weighted by Gasteiger charge is -2.55. The van der Waals surface area contributed by atoms with Crippen LogP contribution in [0, 0.1) is 28.4 Å². The minimum Gasteiger partial charge on any atom is -0.502 e. The zero-order valence-electron chi connectivity index (χ0n) is 22.9. The number of ether oxygens (including phenoxy) is 1. The second kappa shape index (κ2) is 12.0. The second-order valence-electron chi connectivity index (χ2n) is 10.1. The number of carbonyl (C=O) groups excluding carboxylic acids is 2. The summed E-state index contributed by atoms with van der Waals surface area (Å²) in [5.41, 5.74) is -2.24. The zero-order valence-corrected chi connectivity index (χ0v) is 23.7. The van der Waals surface area contributed by atoms with Crippen molar-refractivity contribution in [2.24, 2.45) is 5.92 Å². The normalized spacial score (nSPS) is 20.2. The monoisotopic (exact) mass is 590 g/mol. The van der Waals surface area contributed by atoms with E-state index in [0.717, 1.165) is 6.07 Å². The SMILES string of the molecule is COCCNC(=O)C1CCC2(CC1)N(C)C(=O)c1c(O)c(=O)c(C(=N)SC(=N)Cc3ccc(F)cc3F)cn1N2C. The van der Waals surface area contributed by atoms with Crippen LogP contribution in [0.25, 0.3) is 0 Å². The standard InChI is InChI=1S/C27H32F2N6O5S/c1-33-26(39)21-23(37)22(36)18(24(31)41-20(30)12-16-4-5-17(28)13-19(16)29)14-35(21)34(2)27(33)8-6-15(7-9-27)25(38)32-10-11-40-3/h4-5,13-15,30-31,37H,6-12H2,1-3H3,(H,32,38). The predicted octanol–water partition coefficient (Wildman–Crippen LogP) is 2.41. The van der Waals surface area contributed by atoms with Crippen LogP contribution in [0.2, 0.25) is 0 Å². The largest absolute Gasteiger partial charge is 0.502 e. The minimum atomic E-state index is -0.947. The predicted molar refractivity (Wildman–Crippen MR) is 150 cm³/mol. The number of fused-ring (bicyclic) bond motifs is 1. The first-order chi connectivity index (χ1) is 19.4. The number of halogens is 2. The number of pyridine rings is 1. The number of benzene rings is 1. The maximum Gasteiger partial charge on any atom is 0.278 e. The third kappa shape index (κ3) is 5.71. The van der Waals surface area contributed by atoms with E-state index in [1.165, 1.54) is 21.8 Å². The van der Waals surface area contributed by atoms with E-state index < -0.39 is 34.4 Å². The summed E-state index contributed by atoms with van der Waals surface area (Å²) in [5.74, 6) is -3.31. The van der Waals surface area contributed by atoms with Crippen molar-refractivity contribution < 1.29 is 28.2 Å². The first kappa shape index (κ1) is 30.2. The fourth-order valence-corrected chi connectivity index (χ4v) is 6.16. The van der Waals surface area contributed by atoms with Crippen LogP contribution in [-0.4, -0.2) is 76.6 Å². The smallest absolute Gasteiger partial charge is 0.278 e. The Morgan fingerprint density at radius 2 is 1.90 bits per heavy atom. The van der Waals surface area contributed by atoms with E-state index in [9.17, 15) is 28.3 Å². The Kier molecular flexibility index (Phi) is 8.83. The number of thioether (sulfide) groups is 1. The van der Waals surface area contributed by atoms with Crippen LogP contribution >= 0.6 is 11.8 Å². The molecule has 2 aliphatic rings. The van der Waals surface area contributed by atoms with Crippen molar-refractivity contribution in [2.45, 2.75) is 37.8 Å². The summed E-state index contributed by atoms with van der Waals surface area (Å²) >= 11 is 0.590. The number of rotatable bonds is 7. The first-order valence-electron chi connectivity index (χ1n) is 13.0. The molecular weight excluding hydrogens is 558 g/mol. The summed E-state index contributed by atoms with van der Waals surface area (Å²) in [4.78, 5) is 40.6. The summed E-state index contributed by atoms with van der Waals surface area (Å²) in [7, 11) is 4.85. The van der Waals surface area contributed by atoms with E-state index >= 15 is 0 Å². The number of carbonyl (C=O) groups is 2. The molecule has 1 spiro atoms. The number of nitrogens with one attached hydrogen (secondary N) is 3. The molecule has 0 bridgehead atoms. The van der Waals surface area contributed by atoms with Crippen LogP contribution in [0.1, 0.15) is 47.3 Å². The van der Waals surface area contributed by atoms with E-state index in [1.807, 2.05) is 0 Å². The van der Waals surface area contributed by atoms with Gasteiger partial charge in [0.1, 0.15) is 22.3 Å². The number of aromatic nitrogens is 1. The van der Waals surface area contributed by atoms with Gasteiger partial charge in [-0.2, -0.15) is 0 Å². The van der Waals surface area contributed by atoms with Crippen LogP contribution < -0.4 is 15.8 Å². The van der Waals surface area contributed by atoms with Gasteiger partial charge in [-0.25, -0.2) is 8.78 Å². The molecule has 0 saturated heterocycles. The Morgan fingerprint density at radius 1 is 1.22 bits per heavy atom. The molecule has 2 aromatic rings. The van der Waals surface area contributed by atoms with Crippen molar-refractivity contribution in [1.29, 1.82) is 10.8 Å². The number of amides is 2. The highest BCUT2D eigenvalue weighted by Gasteiger charge is 2.50. The number of hydrogen-bond donors (Lipinski definition) is 4. The molecule has 4 N–H and O–H groups in total. The average Bonchev–Trinajstić information content (AvgIpc) is 2.94. The molecule has 0 unspecified atom stereocenters. The lowest BCUT2D eigenvalue weighted by molar-refractivity contribution is -0.127. The number of nitrogens with zero attached hydrogens (tertiary/aromatic N) is 3. The van der Waals surface area contributed by atoms with E-state index in [2.05, 4.69) is 5.32 Å². The van der Waals surface area contributed by atoms with Crippen LogP contribution in [0.5, 0.6) is 5.75 Å². The molecule has 1 aromatic heterocycles. The van der Waals surface area contributed by atoms with Crippen molar-refractivity contribution >= 4 is 33.7 Å². The molecule has 220 valence electrons. The Bertz CT molecular complexity index is 1460. The molecular formula is C27H32F2N6O5S. The van der Waals surface area contributed by atoms with Gasteiger partial charge in [0.2, 0.25) is 11.3 Å². The van der Waals surface area contributed by atoms with Crippen LogP contribution in [0.4, 0.5) is 8.78 Å². The van der Waals surface area contributed by atoms with Gasteiger partial charge in [0, 0.05) is 52.4 Å². The molecule has 41 heavy (non-hydrogen) atoms. The lowest BCUT2D eigenvalue weighted by Crippen LogP contribution is -2.69. The van der Waals surface area contributed by atoms with Gasteiger partial charge in [-0.05, 0) is 37.3 Å². The van der Waals surface area contributed by atoms with E-state index in [1.54, 1.807) is 26.2 Å². The van der Waals surface area contributed by atoms with E-state index in [4.69, 9.17) is 15.6 Å².